The number of rotatable bonds is 4. The van der Waals surface area contributed by atoms with Crippen LogP contribution < -0.4 is 0 Å². The lowest BCUT2D eigenvalue weighted by molar-refractivity contribution is 0.0849. The van der Waals surface area contributed by atoms with Crippen LogP contribution in [0, 0.1) is 24.2 Å². The van der Waals surface area contributed by atoms with Gasteiger partial charge in [-0.3, -0.25) is 9.59 Å². The third-order valence-electron chi connectivity index (χ3n) is 3.53. The molecule has 0 fully saturated rings. The van der Waals surface area contributed by atoms with Gasteiger partial charge in [0.15, 0.2) is 17.5 Å². The number of nitrogens with one attached hydrogen (secondary N) is 1. The Labute approximate surface area is 140 Å². The number of aromatic amines is 1. The molecule has 1 atom stereocenters. The topological polar surface area (TPSA) is 86.6 Å². The van der Waals surface area contributed by atoms with Gasteiger partial charge in [0.25, 0.3) is 0 Å². The standard InChI is InChI=1S/C16H10ClN3O2S/c1-8-16(23-7-20-8)15(22)11(5-18)14(21)12-6-19-13-4-9(17)2-3-10(12)13/h2-4,6-7,11,19H,1H3/t11-/m0/s1. The third-order valence-corrected chi connectivity index (χ3v) is 4.71. The van der Waals surface area contributed by atoms with Crippen LogP contribution in [-0.2, 0) is 0 Å². The summed E-state index contributed by atoms with van der Waals surface area (Å²) < 4.78 is 0. The van der Waals surface area contributed by atoms with Gasteiger partial charge in [-0.1, -0.05) is 17.7 Å². The maximum atomic E-state index is 12.7. The van der Waals surface area contributed by atoms with Crippen LogP contribution in [0.25, 0.3) is 10.9 Å². The van der Waals surface area contributed by atoms with Gasteiger partial charge in [0.1, 0.15) is 0 Å². The van der Waals surface area contributed by atoms with Crippen LogP contribution in [0.4, 0.5) is 0 Å². The second-order valence-corrected chi connectivity index (χ2v) is 6.24. The van der Waals surface area contributed by atoms with E-state index in [-0.39, 0.29) is 0 Å². The van der Waals surface area contributed by atoms with E-state index in [4.69, 9.17) is 11.6 Å². The Bertz CT molecular complexity index is 967. The zero-order valence-electron chi connectivity index (χ0n) is 12.0. The van der Waals surface area contributed by atoms with Crippen molar-refractivity contribution in [1.82, 2.24) is 9.97 Å². The van der Waals surface area contributed by atoms with Crippen molar-refractivity contribution in [2.75, 3.05) is 0 Å². The first-order valence-electron chi connectivity index (χ1n) is 6.67. The minimum Gasteiger partial charge on any atom is -0.360 e. The molecule has 0 radical (unpaired) electrons. The zero-order valence-corrected chi connectivity index (χ0v) is 13.5. The Kier molecular flexibility index (Phi) is 3.99. The fourth-order valence-corrected chi connectivity index (χ4v) is 3.31. The molecular weight excluding hydrogens is 334 g/mol. The molecule has 7 heteroatoms. The summed E-state index contributed by atoms with van der Waals surface area (Å²) in [6.07, 6.45) is 1.50. The van der Waals surface area contributed by atoms with Gasteiger partial charge in [0.2, 0.25) is 0 Å². The van der Waals surface area contributed by atoms with Crippen LogP contribution in [0.1, 0.15) is 25.7 Å². The maximum absolute atomic E-state index is 12.7. The van der Waals surface area contributed by atoms with Crippen molar-refractivity contribution in [2.24, 2.45) is 5.92 Å². The SMILES string of the molecule is Cc1ncsc1C(=O)[C@@H](C#N)C(=O)c1c[nH]c2cc(Cl)ccc12. The number of halogens is 1. The van der Waals surface area contributed by atoms with Gasteiger partial charge in [0.05, 0.1) is 22.2 Å². The van der Waals surface area contributed by atoms with E-state index in [9.17, 15) is 14.9 Å². The average Bonchev–Trinajstić information content (AvgIpc) is 3.13. The van der Waals surface area contributed by atoms with Gasteiger partial charge in [-0.2, -0.15) is 5.26 Å². The average molecular weight is 344 g/mol. The van der Waals surface area contributed by atoms with Gasteiger partial charge in [-0.15, -0.1) is 11.3 Å². The lowest BCUT2D eigenvalue weighted by Gasteiger charge is -2.06. The van der Waals surface area contributed by atoms with Crippen molar-refractivity contribution in [3.63, 3.8) is 0 Å². The summed E-state index contributed by atoms with van der Waals surface area (Å²) >= 11 is 7.05. The molecule has 5 nitrogen and oxygen atoms in total. The molecule has 0 saturated heterocycles. The molecule has 0 amide bonds. The van der Waals surface area contributed by atoms with E-state index in [1.54, 1.807) is 25.1 Å². The van der Waals surface area contributed by atoms with Gasteiger partial charge in [0, 0.05) is 27.7 Å². The van der Waals surface area contributed by atoms with Crippen molar-refractivity contribution in [3.05, 3.63) is 51.1 Å². The third kappa shape index (κ3) is 2.65. The van der Waals surface area contributed by atoms with Crippen LogP contribution in [0.2, 0.25) is 5.02 Å². The van der Waals surface area contributed by atoms with E-state index in [1.807, 2.05) is 6.07 Å². The highest BCUT2D eigenvalue weighted by Crippen LogP contribution is 2.26. The van der Waals surface area contributed by atoms with E-state index < -0.39 is 17.5 Å². The first-order valence-corrected chi connectivity index (χ1v) is 7.93. The lowest BCUT2D eigenvalue weighted by Crippen LogP contribution is -2.22. The summed E-state index contributed by atoms with van der Waals surface area (Å²) in [5, 5.41) is 10.5. The number of carbonyl (C=O) groups excluding carboxylic acids is 2. The maximum Gasteiger partial charge on any atom is 0.199 e. The number of aromatic nitrogens is 2. The zero-order chi connectivity index (χ0) is 16.6. The monoisotopic (exact) mass is 343 g/mol. The molecule has 0 aliphatic heterocycles. The lowest BCUT2D eigenvalue weighted by atomic mass is 9.93. The predicted molar refractivity (Wildman–Crippen MR) is 87.9 cm³/mol. The van der Waals surface area contributed by atoms with Crippen LogP contribution >= 0.6 is 22.9 Å². The molecule has 23 heavy (non-hydrogen) atoms. The molecule has 0 saturated carbocycles. The number of fused-ring (bicyclic) bond motifs is 1. The molecule has 0 aliphatic rings. The number of H-pyrrole nitrogens is 1. The highest BCUT2D eigenvalue weighted by atomic mass is 35.5. The molecule has 2 heterocycles. The summed E-state index contributed by atoms with van der Waals surface area (Å²) in [5.41, 5.74) is 3.03. The number of nitriles is 1. The Hall–Kier alpha value is -2.49. The number of hydrogen-bond donors (Lipinski definition) is 1. The molecular formula is C16H10ClN3O2S. The molecule has 1 N–H and O–H groups in total. The van der Waals surface area contributed by atoms with E-state index in [0.29, 0.717) is 32.1 Å². The van der Waals surface area contributed by atoms with Crippen LogP contribution in [-0.4, -0.2) is 21.5 Å². The van der Waals surface area contributed by atoms with E-state index in [2.05, 4.69) is 9.97 Å². The Morgan fingerprint density at radius 2 is 2.17 bits per heavy atom. The number of hydrogen-bond acceptors (Lipinski definition) is 5. The molecule has 114 valence electrons. The highest BCUT2D eigenvalue weighted by Gasteiger charge is 2.31. The Morgan fingerprint density at radius 1 is 1.39 bits per heavy atom. The largest absolute Gasteiger partial charge is 0.360 e. The summed E-state index contributed by atoms with van der Waals surface area (Å²) in [6, 6.07) is 6.86. The summed E-state index contributed by atoms with van der Waals surface area (Å²) in [7, 11) is 0. The minimum absolute atomic E-state index is 0.304. The molecule has 2 aromatic heterocycles. The summed E-state index contributed by atoms with van der Waals surface area (Å²) in [4.78, 5) is 32.4. The van der Waals surface area contributed by atoms with Crippen LogP contribution in [0.3, 0.4) is 0 Å². The molecule has 0 aliphatic carbocycles. The minimum atomic E-state index is -1.39. The van der Waals surface area contributed by atoms with Crippen molar-refractivity contribution in [3.8, 4) is 6.07 Å². The number of nitrogens with zero attached hydrogens (tertiary/aromatic N) is 2. The molecule has 3 aromatic rings. The quantitative estimate of drug-likeness (QED) is 0.576. The second-order valence-electron chi connectivity index (χ2n) is 4.95. The highest BCUT2D eigenvalue weighted by molar-refractivity contribution is 7.12. The predicted octanol–water partition coefficient (Wildman–Crippen LogP) is 3.79. The van der Waals surface area contributed by atoms with Gasteiger partial charge in [-0.25, -0.2) is 4.98 Å². The van der Waals surface area contributed by atoms with Crippen LogP contribution in [0.15, 0.2) is 29.9 Å². The van der Waals surface area contributed by atoms with Gasteiger partial charge in [-0.05, 0) is 19.1 Å². The molecule has 0 spiro atoms. The van der Waals surface area contributed by atoms with Gasteiger partial charge >= 0.3 is 0 Å². The smallest absolute Gasteiger partial charge is 0.199 e. The van der Waals surface area contributed by atoms with E-state index >= 15 is 0 Å². The molecule has 0 unspecified atom stereocenters. The number of carbonyl (C=O) groups is 2. The van der Waals surface area contributed by atoms with Crippen molar-refractivity contribution >= 4 is 45.4 Å². The Balaban J connectivity index is 2.01. The number of Topliss-reactive ketones (excluding diaryl/α,β-unsaturated/α-hetero) is 2. The summed E-state index contributed by atoms with van der Waals surface area (Å²) in [5.74, 6) is -2.43. The number of aryl methyl sites for hydroxylation is 1. The first kappa shape index (κ1) is 15.4. The number of benzene rings is 1. The number of thiazole rings is 1. The van der Waals surface area contributed by atoms with Crippen molar-refractivity contribution < 1.29 is 9.59 Å². The van der Waals surface area contributed by atoms with Crippen molar-refractivity contribution in [1.29, 1.82) is 5.26 Å². The van der Waals surface area contributed by atoms with Crippen molar-refractivity contribution in [2.45, 2.75) is 6.92 Å². The first-order chi connectivity index (χ1) is 11.0. The van der Waals surface area contributed by atoms with E-state index in [1.165, 1.54) is 11.7 Å². The van der Waals surface area contributed by atoms with Gasteiger partial charge < -0.3 is 4.98 Å². The second kappa shape index (κ2) is 5.95. The van der Waals surface area contributed by atoms with E-state index in [0.717, 1.165) is 11.3 Å². The normalized spacial score (nSPS) is 12.0. The summed E-state index contributed by atoms with van der Waals surface area (Å²) in [6.45, 7) is 1.68. The molecule has 0 bridgehead atoms. The fraction of sp³-hybridized carbons (Fsp3) is 0.125. The number of ketones is 2. The fourth-order valence-electron chi connectivity index (χ4n) is 2.36. The Morgan fingerprint density at radius 3 is 2.83 bits per heavy atom. The molecule has 1 aromatic carbocycles. The molecule has 3 rings (SSSR count). The van der Waals surface area contributed by atoms with Crippen LogP contribution in [0.5, 0.6) is 0 Å².